The third-order valence-corrected chi connectivity index (χ3v) is 3.68. The van der Waals surface area contributed by atoms with Gasteiger partial charge in [0.1, 0.15) is 0 Å². The fourth-order valence-electron chi connectivity index (χ4n) is 2.55. The highest BCUT2D eigenvalue weighted by atomic mass is 19.4. The average Bonchev–Trinajstić information content (AvgIpc) is 2.85. The molecular formula is C14H13F6NO2. The summed E-state index contributed by atoms with van der Waals surface area (Å²) in [6, 6.07) is 1.42. The van der Waals surface area contributed by atoms with E-state index in [1.165, 1.54) is 4.90 Å². The number of hydrogen-bond donors (Lipinski definition) is 1. The van der Waals surface area contributed by atoms with Crippen LogP contribution in [0.25, 0.3) is 0 Å². The van der Waals surface area contributed by atoms with Gasteiger partial charge in [0.25, 0.3) is 0 Å². The third-order valence-electron chi connectivity index (χ3n) is 3.68. The lowest BCUT2D eigenvalue weighted by Crippen LogP contribution is -2.23. The minimum absolute atomic E-state index is 0.0769. The van der Waals surface area contributed by atoms with Crippen LogP contribution in [0.3, 0.4) is 0 Å². The van der Waals surface area contributed by atoms with E-state index in [1.54, 1.807) is 0 Å². The number of carbonyl (C=O) groups is 1. The van der Waals surface area contributed by atoms with Crippen molar-refractivity contribution in [2.45, 2.75) is 25.3 Å². The Bertz CT molecular complexity index is 564. The van der Waals surface area contributed by atoms with E-state index in [2.05, 4.69) is 0 Å². The van der Waals surface area contributed by atoms with Gasteiger partial charge in [0.15, 0.2) is 0 Å². The van der Waals surface area contributed by atoms with Crippen molar-refractivity contribution in [3.63, 3.8) is 0 Å². The topological polar surface area (TPSA) is 40.5 Å². The van der Waals surface area contributed by atoms with Gasteiger partial charge in [0.05, 0.1) is 17.0 Å². The fraction of sp³-hybridized carbons (Fsp3) is 0.500. The van der Waals surface area contributed by atoms with E-state index in [4.69, 9.17) is 5.11 Å². The monoisotopic (exact) mass is 341 g/mol. The van der Waals surface area contributed by atoms with Crippen molar-refractivity contribution in [1.82, 2.24) is 4.90 Å². The van der Waals surface area contributed by atoms with Gasteiger partial charge in [-0.1, -0.05) is 0 Å². The molecule has 1 N–H and O–H groups in total. The van der Waals surface area contributed by atoms with Crippen LogP contribution < -0.4 is 0 Å². The number of aliphatic carboxylic acids is 1. The molecule has 1 saturated heterocycles. The van der Waals surface area contributed by atoms with E-state index in [9.17, 15) is 31.1 Å². The maximum absolute atomic E-state index is 12.8. The predicted octanol–water partition coefficient (Wildman–Crippen LogP) is 3.63. The van der Waals surface area contributed by atoms with Crippen LogP contribution in [0.4, 0.5) is 26.3 Å². The molecule has 1 unspecified atom stereocenters. The van der Waals surface area contributed by atoms with E-state index in [0.29, 0.717) is 25.1 Å². The minimum Gasteiger partial charge on any atom is -0.481 e. The van der Waals surface area contributed by atoms with Crippen molar-refractivity contribution in [3.05, 3.63) is 34.9 Å². The molecule has 2 rings (SSSR count). The summed E-state index contributed by atoms with van der Waals surface area (Å²) >= 11 is 0. The second kappa shape index (κ2) is 6.03. The summed E-state index contributed by atoms with van der Waals surface area (Å²) in [7, 11) is 0. The van der Waals surface area contributed by atoms with Crippen LogP contribution in [0, 0.1) is 5.92 Å². The van der Waals surface area contributed by atoms with Gasteiger partial charge in [-0.05, 0) is 36.7 Å². The van der Waals surface area contributed by atoms with Crippen LogP contribution in [0.15, 0.2) is 18.2 Å². The van der Waals surface area contributed by atoms with Crippen LogP contribution in [0.1, 0.15) is 23.1 Å². The molecule has 128 valence electrons. The predicted molar refractivity (Wildman–Crippen MR) is 67.5 cm³/mol. The molecule has 1 aromatic rings. The fourth-order valence-corrected chi connectivity index (χ4v) is 2.55. The maximum Gasteiger partial charge on any atom is 0.416 e. The summed E-state index contributed by atoms with van der Waals surface area (Å²) in [5, 5.41) is 8.87. The van der Waals surface area contributed by atoms with Gasteiger partial charge in [0, 0.05) is 13.1 Å². The van der Waals surface area contributed by atoms with Gasteiger partial charge in [-0.2, -0.15) is 26.3 Å². The first-order valence-corrected chi connectivity index (χ1v) is 6.70. The molecule has 1 atom stereocenters. The first-order valence-electron chi connectivity index (χ1n) is 6.70. The van der Waals surface area contributed by atoms with E-state index < -0.39 is 35.4 Å². The van der Waals surface area contributed by atoms with Gasteiger partial charge in [-0.25, -0.2) is 0 Å². The Morgan fingerprint density at radius 3 is 2.00 bits per heavy atom. The number of likely N-dealkylation sites (tertiary alicyclic amines) is 1. The quantitative estimate of drug-likeness (QED) is 0.854. The first-order chi connectivity index (χ1) is 10.5. The molecule has 0 saturated carbocycles. The lowest BCUT2D eigenvalue weighted by Gasteiger charge is -2.18. The molecule has 9 heteroatoms. The zero-order valence-corrected chi connectivity index (χ0v) is 11.7. The number of hydrogen-bond acceptors (Lipinski definition) is 2. The molecule has 0 radical (unpaired) electrons. The van der Waals surface area contributed by atoms with E-state index in [-0.39, 0.29) is 24.7 Å². The molecule has 1 aliphatic heterocycles. The number of benzene rings is 1. The SMILES string of the molecule is O=C(O)C1CCN(Cc2cc(C(F)(F)F)cc(C(F)(F)F)c2)C1. The Kier molecular flexibility index (Phi) is 4.61. The van der Waals surface area contributed by atoms with E-state index in [0.717, 1.165) is 0 Å². The average molecular weight is 341 g/mol. The van der Waals surface area contributed by atoms with Gasteiger partial charge in [0.2, 0.25) is 0 Å². The zero-order valence-electron chi connectivity index (χ0n) is 11.7. The maximum atomic E-state index is 12.8. The Hall–Kier alpha value is -1.77. The Labute approximate surface area is 127 Å². The van der Waals surface area contributed by atoms with E-state index >= 15 is 0 Å². The number of carboxylic acids is 1. The van der Waals surface area contributed by atoms with Crippen molar-refractivity contribution in [1.29, 1.82) is 0 Å². The first kappa shape index (κ1) is 17.6. The molecular weight excluding hydrogens is 328 g/mol. The van der Waals surface area contributed by atoms with Crippen LogP contribution >= 0.6 is 0 Å². The van der Waals surface area contributed by atoms with Crippen LogP contribution in [-0.4, -0.2) is 29.1 Å². The largest absolute Gasteiger partial charge is 0.481 e. The van der Waals surface area contributed by atoms with Gasteiger partial charge >= 0.3 is 18.3 Å². The number of halogens is 6. The molecule has 1 heterocycles. The van der Waals surface area contributed by atoms with Crippen LogP contribution in [0.5, 0.6) is 0 Å². The highest BCUT2D eigenvalue weighted by Gasteiger charge is 2.37. The molecule has 0 aromatic heterocycles. The highest BCUT2D eigenvalue weighted by molar-refractivity contribution is 5.70. The van der Waals surface area contributed by atoms with Gasteiger partial charge in [-0.15, -0.1) is 0 Å². The molecule has 0 bridgehead atoms. The smallest absolute Gasteiger partial charge is 0.416 e. The number of rotatable bonds is 3. The summed E-state index contributed by atoms with van der Waals surface area (Å²) in [5.74, 6) is -1.67. The Balaban J connectivity index is 2.26. The van der Waals surface area contributed by atoms with Gasteiger partial charge in [-0.3, -0.25) is 9.69 Å². The number of carboxylic acid groups (broad SMARTS) is 1. The number of nitrogens with zero attached hydrogens (tertiary/aromatic N) is 1. The van der Waals surface area contributed by atoms with E-state index in [1.807, 2.05) is 0 Å². The minimum atomic E-state index is -4.88. The van der Waals surface area contributed by atoms with Crippen molar-refractivity contribution in [2.24, 2.45) is 5.92 Å². The lowest BCUT2D eigenvalue weighted by molar-refractivity contribution is -0.143. The normalized spacial score (nSPS) is 20.0. The Morgan fingerprint density at radius 1 is 1.09 bits per heavy atom. The van der Waals surface area contributed by atoms with Crippen molar-refractivity contribution < 1.29 is 36.2 Å². The lowest BCUT2D eigenvalue weighted by atomic mass is 10.0. The molecule has 23 heavy (non-hydrogen) atoms. The molecule has 0 aliphatic carbocycles. The molecule has 1 aliphatic rings. The second-order valence-electron chi connectivity index (χ2n) is 5.47. The summed E-state index contributed by atoms with van der Waals surface area (Å²) in [6.45, 7) is 0.262. The third kappa shape index (κ3) is 4.37. The summed E-state index contributed by atoms with van der Waals surface area (Å²) in [6.07, 6.45) is -9.45. The zero-order chi connectivity index (χ0) is 17.4. The standard InChI is InChI=1S/C14H13F6NO2/c15-13(16,17)10-3-8(4-11(5-10)14(18,19)20)6-21-2-1-9(7-21)12(22)23/h3-5,9H,1-2,6-7H2,(H,22,23). The molecule has 0 amide bonds. The summed E-state index contributed by atoms with van der Waals surface area (Å²) in [5.41, 5.74) is -2.87. The number of alkyl halides is 6. The summed E-state index contributed by atoms with van der Waals surface area (Å²) < 4.78 is 76.6. The second-order valence-corrected chi connectivity index (χ2v) is 5.47. The molecule has 1 fully saturated rings. The molecule has 3 nitrogen and oxygen atoms in total. The Morgan fingerprint density at radius 2 is 1.61 bits per heavy atom. The van der Waals surface area contributed by atoms with Crippen molar-refractivity contribution in [2.75, 3.05) is 13.1 Å². The van der Waals surface area contributed by atoms with Crippen LogP contribution in [0.2, 0.25) is 0 Å². The highest BCUT2D eigenvalue weighted by Crippen LogP contribution is 2.36. The molecule has 0 spiro atoms. The molecule has 1 aromatic carbocycles. The summed E-state index contributed by atoms with van der Waals surface area (Å²) in [4.78, 5) is 12.4. The van der Waals surface area contributed by atoms with Crippen LogP contribution in [-0.2, 0) is 23.7 Å². The van der Waals surface area contributed by atoms with Crippen molar-refractivity contribution >= 4 is 5.97 Å². The van der Waals surface area contributed by atoms with Crippen molar-refractivity contribution in [3.8, 4) is 0 Å². The van der Waals surface area contributed by atoms with Gasteiger partial charge < -0.3 is 5.11 Å².